The van der Waals surface area contributed by atoms with Gasteiger partial charge in [0.25, 0.3) is 5.91 Å². The Labute approximate surface area is 130 Å². The Bertz CT molecular complexity index is 704. The number of carbonyl (C=O) groups excluding carboxylic acids is 1. The molecule has 0 aromatic heterocycles. The fraction of sp³-hybridized carbons (Fsp3) is 0.188. The summed E-state index contributed by atoms with van der Waals surface area (Å²) in [6, 6.07) is 7.39. The Morgan fingerprint density at radius 2 is 1.70 bits per heavy atom. The monoisotopic (exact) mass is 327 g/mol. The lowest BCUT2D eigenvalue weighted by Gasteiger charge is -2.11. The van der Waals surface area contributed by atoms with Crippen molar-refractivity contribution in [2.75, 3.05) is 11.9 Å². The second-order valence-corrected chi connectivity index (χ2v) is 5.05. The van der Waals surface area contributed by atoms with Gasteiger partial charge in [-0.2, -0.15) is 0 Å². The Kier molecular flexibility index (Phi) is 5.33. The fourth-order valence-electron chi connectivity index (χ4n) is 2.01. The van der Waals surface area contributed by atoms with E-state index in [2.05, 4.69) is 5.32 Å². The molecule has 0 unspecified atom stereocenters. The number of rotatable bonds is 5. The third-order valence-electron chi connectivity index (χ3n) is 3.36. The maximum Gasteiger partial charge on any atom is 0.279 e. The average molecular weight is 327 g/mol. The van der Waals surface area contributed by atoms with Crippen molar-refractivity contribution in [2.24, 2.45) is 0 Å². The van der Waals surface area contributed by atoms with Crippen molar-refractivity contribution in [3.05, 3.63) is 65.2 Å². The summed E-state index contributed by atoms with van der Waals surface area (Å²) in [7, 11) is 0. The van der Waals surface area contributed by atoms with E-state index in [9.17, 15) is 22.4 Å². The topological polar surface area (TPSA) is 45.7 Å². The number of nitrogens with one attached hydrogen (secondary N) is 1. The number of anilines is 1. The Morgan fingerprint density at radius 1 is 1.04 bits per heavy atom. The molecule has 23 heavy (non-hydrogen) atoms. The average Bonchev–Trinajstić information content (AvgIpc) is 2.54. The van der Waals surface area contributed by atoms with Crippen LogP contribution in [-0.2, 0) is 4.79 Å². The number of amides is 1. The SMILES string of the molecule is C[C@@H]([NH2+]CC(=O)Nc1ccc(F)c(F)c1F)c1ccc(F)cc1. The minimum absolute atomic E-state index is 0.0586. The van der Waals surface area contributed by atoms with E-state index >= 15 is 0 Å². The summed E-state index contributed by atoms with van der Waals surface area (Å²) < 4.78 is 52.2. The van der Waals surface area contributed by atoms with Crippen LogP contribution >= 0.6 is 0 Å². The van der Waals surface area contributed by atoms with Crippen molar-refractivity contribution in [3.8, 4) is 0 Å². The van der Waals surface area contributed by atoms with Crippen molar-refractivity contribution in [1.82, 2.24) is 0 Å². The molecule has 3 nitrogen and oxygen atoms in total. The first-order chi connectivity index (χ1) is 10.9. The molecule has 7 heteroatoms. The van der Waals surface area contributed by atoms with Crippen LogP contribution in [0.2, 0.25) is 0 Å². The molecule has 0 aliphatic heterocycles. The number of quaternary nitrogens is 1. The highest BCUT2D eigenvalue weighted by molar-refractivity contribution is 5.91. The molecule has 3 N–H and O–H groups in total. The lowest BCUT2D eigenvalue weighted by molar-refractivity contribution is -0.682. The predicted octanol–water partition coefficient (Wildman–Crippen LogP) is 2.51. The third-order valence-corrected chi connectivity index (χ3v) is 3.36. The number of carbonyl (C=O) groups is 1. The van der Waals surface area contributed by atoms with E-state index in [1.165, 1.54) is 12.1 Å². The molecule has 1 atom stereocenters. The van der Waals surface area contributed by atoms with Gasteiger partial charge < -0.3 is 10.6 Å². The lowest BCUT2D eigenvalue weighted by atomic mass is 10.1. The molecule has 0 spiro atoms. The molecule has 0 fully saturated rings. The molecule has 0 heterocycles. The zero-order valence-corrected chi connectivity index (χ0v) is 12.2. The first kappa shape index (κ1) is 17.0. The van der Waals surface area contributed by atoms with Crippen LogP contribution in [0.25, 0.3) is 0 Å². The standard InChI is InChI=1S/C16H14F4N2O/c1-9(10-2-4-11(17)5-3-10)21-8-14(23)22-13-7-6-12(18)15(19)16(13)20/h2-7,9,21H,8H2,1H3,(H,22,23)/p+1/t9-/m1/s1. The maximum atomic E-state index is 13.4. The minimum atomic E-state index is -1.63. The number of benzene rings is 2. The van der Waals surface area contributed by atoms with Crippen molar-refractivity contribution < 1.29 is 27.7 Å². The summed E-state index contributed by atoms with van der Waals surface area (Å²) in [5.74, 6) is -5.32. The normalized spacial score (nSPS) is 12.0. The van der Waals surface area contributed by atoms with Gasteiger partial charge in [0, 0.05) is 5.56 Å². The Balaban J connectivity index is 1.93. The van der Waals surface area contributed by atoms with Gasteiger partial charge in [-0.15, -0.1) is 0 Å². The summed E-state index contributed by atoms with van der Waals surface area (Å²) in [5, 5.41) is 3.84. The zero-order chi connectivity index (χ0) is 17.0. The van der Waals surface area contributed by atoms with Crippen molar-refractivity contribution in [2.45, 2.75) is 13.0 Å². The number of nitrogens with two attached hydrogens (primary N) is 1. The fourth-order valence-corrected chi connectivity index (χ4v) is 2.01. The third kappa shape index (κ3) is 4.29. The molecule has 0 saturated carbocycles. The van der Waals surface area contributed by atoms with Crippen LogP contribution in [0.1, 0.15) is 18.5 Å². The van der Waals surface area contributed by atoms with Gasteiger partial charge in [-0.25, -0.2) is 17.6 Å². The van der Waals surface area contributed by atoms with Gasteiger partial charge in [-0.3, -0.25) is 4.79 Å². The van der Waals surface area contributed by atoms with Crippen LogP contribution < -0.4 is 10.6 Å². The largest absolute Gasteiger partial charge is 0.333 e. The van der Waals surface area contributed by atoms with Crippen LogP contribution in [0.3, 0.4) is 0 Å². The van der Waals surface area contributed by atoms with Crippen molar-refractivity contribution in [1.29, 1.82) is 0 Å². The molecule has 2 aromatic rings. The molecule has 0 aliphatic rings. The van der Waals surface area contributed by atoms with E-state index < -0.39 is 29.0 Å². The number of hydrogen-bond acceptors (Lipinski definition) is 1. The van der Waals surface area contributed by atoms with E-state index in [0.29, 0.717) is 0 Å². The molecule has 2 aromatic carbocycles. The van der Waals surface area contributed by atoms with E-state index in [-0.39, 0.29) is 18.4 Å². The highest BCUT2D eigenvalue weighted by Crippen LogP contribution is 2.19. The van der Waals surface area contributed by atoms with Gasteiger partial charge >= 0.3 is 0 Å². The predicted molar refractivity (Wildman–Crippen MR) is 76.6 cm³/mol. The highest BCUT2D eigenvalue weighted by Gasteiger charge is 2.17. The summed E-state index contributed by atoms with van der Waals surface area (Å²) in [6.07, 6.45) is 0. The highest BCUT2D eigenvalue weighted by atomic mass is 19.2. The molecule has 0 saturated heterocycles. The first-order valence-electron chi connectivity index (χ1n) is 6.90. The van der Waals surface area contributed by atoms with Gasteiger partial charge in [0.05, 0.1) is 5.69 Å². The van der Waals surface area contributed by atoms with Crippen LogP contribution in [0.5, 0.6) is 0 Å². The van der Waals surface area contributed by atoms with Gasteiger partial charge in [-0.05, 0) is 31.2 Å². The van der Waals surface area contributed by atoms with E-state index in [4.69, 9.17) is 0 Å². The van der Waals surface area contributed by atoms with E-state index in [0.717, 1.165) is 17.7 Å². The molecule has 0 aliphatic carbocycles. The molecule has 0 bridgehead atoms. The lowest BCUT2D eigenvalue weighted by Crippen LogP contribution is -2.86. The molecule has 122 valence electrons. The molecule has 1 amide bonds. The minimum Gasteiger partial charge on any atom is -0.333 e. The zero-order valence-electron chi connectivity index (χ0n) is 12.2. The second-order valence-electron chi connectivity index (χ2n) is 5.05. The van der Waals surface area contributed by atoms with Crippen molar-refractivity contribution >= 4 is 11.6 Å². The quantitative estimate of drug-likeness (QED) is 0.643. The second kappa shape index (κ2) is 7.23. The number of hydrogen-bond donors (Lipinski definition) is 2. The molecular formula is C16H15F4N2O+. The van der Waals surface area contributed by atoms with Crippen molar-refractivity contribution in [3.63, 3.8) is 0 Å². The van der Waals surface area contributed by atoms with E-state index in [1.54, 1.807) is 17.4 Å². The van der Waals surface area contributed by atoms with Gasteiger partial charge in [-0.1, -0.05) is 12.1 Å². The molecule has 2 rings (SSSR count). The van der Waals surface area contributed by atoms with Crippen LogP contribution in [0.15, 0.2) is 36.4 Å². The summed E-state index contributed by atoms with van der Waals surface area (Å²) in [4.78, 5) is 11.8. The summed E-state index contributed by atoms with van der Waals surface area (Å²) in [5.41, 5.74) is 0.398. The molecule has 0 radical (unpaired) electrons. The Morgan fingerprint density at radius 3 is 2.35 bits per heavy atom. The number of halogens is 4. The smallest absolute Gasteiger partial charge is 0.279 e. The summed E-state index contributed by atoms with van der Waals surface area (Å²) >= 11 is 0. The first-order valence-corrected chi connectivity index (χ1v) is 6.90. The van der Waals surface area contributed by atoms with Crippen LogP contribution in [0, 0.1) is 23.3 Å². The van der Waals surface area contributed by atoms with Gasteiger partial charge in [0.1, 0.15) is 11.9 Å². The van der Waals surface area contributed by atoms with Gasteiger partial charge in [0.15, 0.2) is 24.0 Å². The Hall–Kier alpha value is -2.41. The van der Waals surface area contributed by atoms with E-state index in [1.807, 2.05) is 6.92 Å². The van der Waals surface area contributed by atoms with Crippen LogP contribution in [0.4, 0.5) is 23.2 Å². The maximum absolute atomic E-state index is 13.4. The van der Waals surface area contributed by atoms with Crippen LogP contribution in [-0.4, -0.2) is 12.5 Å². The van der Waals surface area contributed by atoms with Gasteiger partial charge in [0.2, 0.25) is 0 Å². The molecular weight excluding hydrogens is 312 g/mol. The summed E-state index contributed by atoms with van der Waals surface area (Å²) in [6.45, 7) is 1.76.